The summed E-state index contributed by atoms with van der Waals surface area (Å²) in [5.74, 6) is 1.34. The third-order valence-electron chi connectivity index (χ3n) is 4.28. The zero-order valence-electron chi connectivity index (χ0n) is 12.5. The van der Waals surface area contributed by atoms with Gasteiger partial charge < -0.3 is 10.6 Å². The predicted octanol–water partition coefficient (Wildman–Crippen LogP) is 4.24. The molecule has 4 heteroatoms. The molecular weight excluding hydrogens is 284 g/mol. The predicted molar refractivity (Wildman–Crippen MR) is 87.9 cm³/mol. The molecule has 1 aromatic carbocycles. The van der Waals surface area contributed by atoms with Crippen LogP contribution in [0.3, 0.4) is 0 Å². The van der Waals surface area contributed by atoms with E-state index in [2.05, 4.69) is 30.6 Å². The molecule has 3 rings (SSSR count). The highest BCUT2D eigenvalue weighted by Crippen LogP contribution is 2.34. The average Bonchev–Trinajstić information content (AvgIpc) is 2.74. The Balaban J connectivity index is 1.68. The van der Waals surface area contributed by atoms with Crippen molar-refractivity contribution in [2.24, 2.45) is 11.8 Å². The molecule has 0 fully saturated rings. The molecule has 3 nitrogen and oxygen atoms in total. The van der Waals surface area contributed by atoms with Gasteiger partial charge in [0.2, 0.25) is 5.91 Å². The maximum Gasteiger partial charge on any atom is 0.228 e. The fourth-order valence-corrected chi connectivity index (χ4v) is 3.71. The lowest BCUT2D eigenvalue weighted by molar-refractivity contribution is -0.115. The molecule has 0 saturated carbocycles. The van der Waals surface area contributed by atoms with Crippen molar-refractivity contribution in [3.05, 3.63) is 34.4 Å². The molecule has 0 radical (unpaired) electrons. The Morgan fingerprint density at radius 3 is 3.00 bits per heavy atom. The SMILES string of the molecule is CC1=CC(C)CC(CNc2cc3c(cc2Cl)NC(=O)C3)C1. The van der Waals surface area contributed by atoms with Crippen LogP contribution in [0.5, 0.6) is 0 Å². The quantitative estimate of drug-likeness (QED) is 0.820. The molecule has 0 saturated heterocycles. The summed E-state index contributed by atoms with van der Waals surface area (Å²) in [4.78, 5) is 11.4. The second-order valence-corrected chi connectivity index (χ2v) is 6.80. The number of carbonyl (C=O) groups excluding carboxylic acids is 1. The summed E-state index contributed by atoms with van der Waals surface area (Å²) in [6.45, 7) is 5.41. The maximum atomic E-state index is 11.4. The van der Waals surface area contributed by atoms with Crippen molar-refractivity contribution in [3.8, 4) is 0 Å². The largest absolute Gasteiger partial charge is 0.384 e. The van der Waals surface area contributed by atoms with Gasteiger partial charge in [-0.2, -0.15) is 0 Å². The molecule has 2 aliphatic rings. The Morgan fingerprint density at radius 1 is 1.43 bits per heavy atom. The molecule has 21 heavy (non-hydrogen) atoms. The lowest BCUT2D eigenvalue weighted by Crippen LogP contribution is -2.20. The fraction of sp³-hybridized carbons (Fsp3) is 0.471. The number of amides is 1. The summed E-state index contributed by atoms with van der Waals surface area (Å²) in [7, 11) is 0. The van der Waals surface area contributed by atoms with Crippen molar-refractivity contribution in [1.29, 1.82) is 0 Å². The van der Waals surface area contributed by atoms with Gasteiger partial charge in [0.05, 0.1) is 17.1 Å². The molecular formula is C17H21ClN2O. The second kappa shape index (κ2) is 5.72. The van der Waals surface area contributed by atoms with Crippen LogP contribution in [-0.2, 0) is 11.2 Å². The van der Waals surface area contributed by atoms with Gasteiger partial charge >= 0.3 is 0 Å². The van der Waals surface area contributed by atoms with Crippen LogP contribution in [0.4, 0.5) is 11.4 Å². The van der Waals surface area contributed by atoms with Crippen molar-refractivity contribution in [2.75, 3.05) is 17.2 Å². The van der Waals surface area contributed by atoms with Gasteiger partial charge in [-0.15, -0.1) is 0 Å². The number of anilines is 2. The monoisotopic (exact) mass is 304 g/mol. The minimum absolute atomic E-state index is 0.0417. The number of hydrogen-bond donors (Lipinski definition) is 2. The summed E-state index contributed by atoms with van der Waals surface area (Å²) < 4.78 is 0. The molecule has 2 atom stereocenters. The van der Waals surface area contributed by atoms with Crippen molar-refractivity contribution in [1.82, 2.24) is 0 Å². The molecule has 1 aliphatic heterocycles. The van der Waals surface area contributed by atoms with Gasteiger partial charge in [-0.05, 0) is 49.3 Å². The van der Waals surface area contributed by atoms with Crippen LogP contribution >= 0.6 is 11.6 Å². The summed E-state index contributed by atoms with van der Waals surface area (Å²) in [6, 6.07) is 3.85. The molecule has 112 valence electrons. The number of carbonyl (C=O) groups is 1. The van der Waals surface area contributed by atoms with Crippen LogP contribution in [0, 0.1) is 11.8 Å². The van der Waals surface area contributed by atoms with E-state index in [1.807, 2.05) is 12.1 Å². The third kappa shape index (κ3) is 3.24. The zero-order chi connectivity index (χ0) is 15.0. The number of halogens is 1. The zero-order valence-corrected chi connectivity index (χ0v) is 13.3. The van der Waals surface area contributed by atoms with Gasteiger partial charge in [-0.3, -0.25) is 4.79 Å². The Hall–Kier alpha value is -1.48. The Bertz CT molecular complexity index is 609. The highest BCUT2D eigenvalue weighted by atomic mass is 35.5. The fourth-order valence-electron chi connectivity index (χ4n) is 3.48. The molecule has 2 N–H and O–H groups in total. The minimum Gasteiger partial charge on any atom is -0.384 e. The highest BCUT2D eigenvalue weighted by molar-refractivity contribution is 6.33. The van der Waals surface area contributed by atoms with Gasteiger partial charge in [-0.1, -0.05) is 30.2 Å². The van der Waals surface area contributed by atoms with Crippen molar-refractivity contribution < 1.29 is 4.79 Å². The van der Waals surface area contributed by atoms with Crippen LogP contribution in [0.1, 0.15) is 32.3 Å². The van der Waals surface area contributed by atoms with Crippen molar-refractivity contribution in [2.45, 2.75) is 33.1 Å². The molecule has 1 aliphatic carbocycles. The number of hydrogen-bond acceptors (Lipinski definition) is 2. The molecule has 0 aromatic heterocycles. The van der Waals surface area contributed by atoms with E-state index in [4.69, 9.17) is 11.6 Å². The first-order valence-electron chi connectivity index (χ1n) is 7.54. The van der Waals surface area contributed by atoms with E-state index >= 15 is 0 Å². The first-order valence-corrected chi connectivity index (χ1v) is 7.92. The van der Waals surface area contributed by atoms with Gasteiger partial charge in [0, 0.05) is 12.2 Å². The lowest BCUT2D eigenvalue weighted by atomic mass is 9.84. The molecule has 2 unspecified atom stereocenters. The number of benzene rings is 1. The van der Waals surface area contributed by atoms with Crippen LogP contribution in [-0.4, -0.2) is 12.5 Å². The first kappa shape index (κ1) is 14.5. The van der Waals surface area contributed by atoms with Crippen LogP contribution in [0.15, 0.2) is 23.8 Å². The summed E-state index contributed by atoms with van der Waals surface area (Å²) in [5, 5.41) is 6.97. The van der Waals surface area contributed by atoms with Gasteiger partial charge in [0.15, 0.2) is 0 Å². The van der Waals surface area contributed by atoms with E-state index in [-0.39, 0.29) is 5.91 Å². The molecule has 0 bridgehead atoms. The normalized spacial score (nSPS) is 24.3. The first-order chi connectivity index (χ1) is 10.0. The van der Waals surface area contributed by atoms with Crippen LogP contribution in [0.2, 0.25) is 5.02 Å². The average molecular weight is 305 g/mol. The topological polar surface area (TPSA) is 41.1 Å². The molecule has 0 spiro atoms. The molecule has 1 heterocycles. The Morgan fingerprint density at radius 2 is 2.24 bits per heavy atom. The lowest BCUT2D eigenvalue weighted by Gasteiger charge is -2.26. The summed E-state index contributed by atoms with van der Waals surface area (Å²) >= 11 is 6.31. The maximum absolute atomic E-state index is 11.4. The van der Waals surface area contributed by atoms with Crippen LogP contribution < -0.4 is 10.6 Å². The van der Waals surface area contributed by atoms with E-state index < -0.39 is 0 Å². The number of nitrogens with one attached hydrogen (secondary N) is 2. The van der Waals surface area contributed by atoms with E-state index in [0.717, 1.165) is 29.9 Å². The second-order valence-electron chi connectivity index (χ2n) is 6.39. The number of allylic oxidation sites excluding steroid dienone is 2. The van der Waals surface area contributed by atoms with Crippen molar-refractivity contribution >= 4 is 28.9 Å². The van der Waals surface area contributed by atoms with E-state index in [0.29, 0.717) is 23.3 Å². The Labute approximate surface area is 130 Å². The smallest absolute Gasteiger partial charge is 0.228 e. The van der Waals surface area contributed by atoms with Crippen LogP contribution in [0.25, 0.3) is 0 Å². The van der Waals surface area contributed by atoms with E-state index in [1.165, 1.54) is 12.0 Å². The van der Waals surface area contributed by atoms with Gasteiger partial charge in [0.25, 0.3) is 0 Å². The van der Waals surface area contributed by atoms with E-state index in [1.54, 1.807) is 0 Å². The standard InChI is InChI=1S/C17H21ClN2O/c1-10-3-11(2)5-12(4-10)9-19-16-6-13-7-17(21)20-15(13)8-14(16)18/h3,6,8,10,12,19H,4-5,7,9H2,1-2H3,(H,20,21). The third-order valence-corrected chi connectivity index (χ3v) is 4.60. The molecule has 1 aromatic rings. The summed E-state index contributed by atoms with van der Waals surface area (Å²) in [5.41, 5.74) is 4.29. The minimum atomic E-state index is 0.0417. The van der Waals surface area contributed by atoms with E-state index in [9.17, 15) is 4.79 Å². The molecule has 1 amide bonds. The van der Waals surface area contributed by atoms with Crippen molar-refractivity contribution in [3.63, 3.8) is 0 Å². The number of rotatable bonds is 3. The van der Waals surface area contributed by atoms with Gasteiger partial charge in [-0.25, -0.2) is 0 Å². The Kier molecular flexibility index (Phi) is 3.94. The number of fused-ring (bicyclic) bond motifs is 1. The highest BCUT2D eigenvalue weighted by Gasteiger charge is 2.21. The van der Waals surface area contributed by atoms with Gasteiger partial charge in [0.1, 0.15) is 0 Å². The summed E-state index contributed by atoms with van der Waals surface area (Å²) in [6.07, 6.45) is 5.19.